The van der Waals surface area contributed by atoms with Gasteiger partial charge in [-0.05, 0) is 20.0 Å². The number of rotatable bonds is 2. The van der Waals surface area contributed by atoms with Crippen molar-refractivity contribution in [3.63, 3.8) is 0 Å². The lowest BCUT2D eigenvalue weighted by Gasteiger charge is -2.33. The van der Waals surface area contributed by atoms with Gasteiger partial charge in [0.25, 0.3) is 0 Å². The summed E-state index contributed by atoms with van der Waals surface area (Å²) in [5, 5.41) is 2.92. The molecule has 1 unspecified atom stereocenters. The van der Waals surface area contributed by atoms with Gasteiger partial charge in [-0.15, -0.1) is 0 Å². The molecule has 0 aliphatic carbocycles. The summed E-state index contributed by atoms with van der Waals surface area (Å²) in [6, 6.07) is 0. The quantitative estimate of drug-likeness (QED) is 0.659. The van der Waals surface area contributed by atoms with Gasteiger partial charge in [0.2, 0.25) is 10.0 Å². The molecule has 0 spiro atoms. The molecule has 1 atom stereocenters. The maximum atomic E-state index is 12.2. The summed E-state index contributed by atoms with van der Waals surface area (Å²) in [6.07, 6.45) is 0.759. The Balaban J connectivity index is 2.02. The van der Waals surface area contributed by atoms with Crippen LogP contribution in [0.3, 0.4) is 0 Å². The minimum atomic E-state index is -3.04. The summed E-state index contributed by atoms with van der Waals surface area (Å²) in [6.45, 7) is 4.44. The van der Waals surface area contributed by atoms with Crippen LogP contribution in [-0.4, -0.2) is 69.2 Å². The Morgan fingerprint density at radius 1 is 1.20 bits per heavy atom. The molecule has 2 saturated heterocycles. The van der Waals surface area contributed by atoms with Crippen LogP contribution in [0.15, 0.2) is 0 Å². The second-order valence-corrected chi connectivity index (χ2v) is 6.58. The Morgan fingerprint density at radius 2 is 1.87 bits per heavy atom. The van der Waals surface area contributed by atoms with E-state index in [1.165, 1.54) is 0 Å². The lowest BCUT2D eigenvalue weighted by atomic mass is 10.4. The number of piperazine rings is 1. The third-order valence-electron chi connectivity index (χ3n) is 3.26. The van der Waals surface area contributed by atoms with Gasteiger partial charge in [0.15, 0.2) is 0 Å². The van der Waals surface area contributed by atoms with Crippen LogP contribution in [0.5, 0.6) is 0 Å². The highest BCUT2D eigenvalue weighted by Crippen LogP contribution is 2.16. The first-order valence-corrected chi connectivity index (χ1v) is 6.99. The summed E-state index contributed by atoms with van der Waals surface area (Å²) in [5.41, 5.74) is 0. The van der Waals surface area contributed by atoms with E-state index in [2.05, 4.69) is 10.2 Å². The second-order valence-electron chi connectivity index (χ2n) is 4.36. The molecular weight excluding hydrogens is 214 g/mol. The van der Waals surface area contributed by atoms with Crippen molar-refractivity contribution in [1.29, 1.82) is 0 Å². The summed E-state index contributed by atoms with van der Waals surface area (Å²) < 4.78 is 26.0. The number of nitrogens with one attached hydrogen (secondary N) is 1. The second kappa shape index (κ2) is 4.37. The van der Waals surface area contributed by atoms with Crippen molar-refractivity contribution in [2.75, 3.05) is 46.3 Å². The van der Waals surface area contributed by atoms with Crippen LogP contribution in [0.2, 0.25) is 0 Å². The van der Waals surface area contributed by atoms with Crippen molar-refractivity contribution in [1.82, 2.24) is 14.5 Å². The zero-order valence-corrected chi connectivity index (χ0v) is 9.96. The number of likely N-dealkylation sites (N-methyl/N-ethyl adjacent to an activating group) is 1. The van der Waals surface area contributed by atoms with Crippen molar-refractivity contribution in [2.24, 2.45) is 0 Å². The molecule has 0 aromatic carbocycles. The molecule has 2 aliphatic rings. The van der Waals surface area contributed by atoms with Crippen molar-refractivity contribution >= 4 is 10.0 Å². The Morgan fingerprint density at radius 3 is 2.40 bits per heavy atom. The van der Waals surface area contributed by atoms with Gasteiger partial charge in [-0.1, -0.05) is 0 Å². The Bertz CT molecular complexity index is 303. The van der Waals surface area contributed by atoms with E-state index in [-0.39, 0.29) is 5.25 Å². The van der Waals surface area contributed by atoms with Gasteiger partial charge >= 0.3 is 0 Å². The molecule has 15 heavy (non-hydrogen) atoms. The molecule has 0 bridgehead atoms. The fourth-order valence-corrected chi connectivity index (χ4v) is 3.97. The molecule has 2 rings (SSSR count). The van der Waals surface area contributed by atoms with Crippen LogP contribution in [0.4, 0.5) is 0 Å². The minimum Gasteiger partial charge on any atom is -0.315 e. The van der Waals surface area contributed by atoms with Gasteiger partial charge in [0.05, 0.1) is 5.25 Å². The summed E-state index contributed by atoms with van der Waals surface area (Å²) in [5.74, 6) is 0. The standard InChI is InChI=1S/C9H19N3O2S/c1-11-4-6-12(7-5-11)15(13,14)9-2-3-10-8-9/h9-10H,2-8H2,1H3. The lowest BCUT2D eigenvalue weighted by Crippen LogP contribution is -2.50. The van der Waals surface area contributed by atoms with Gasteiger partial charge < -0.3 is 10.2 Å². The molecule has 6 heteroatoms. The molecule has 0 radical (unpaired) electrons. The van der Waals surface area contributed by atoms with Gasteiger partial charge in [-0.3, -0.25) is 0 Å². The van der Waals surface area contributed by atoms with Gasteiger partial charge in [-0.25, -0.2) is 8.42 Å². The predicted octanol–water partition coefficient (Wildman–Crippen LogP) is -1.07. The smallest absolute Gasteiger partial charge is 0.218 e. The molecule has 0 aromatic heterocycles. The number of sulfonamides is 1. The highest BCUT2D eigenvalue weighted by atomic mass is 32.2. The van der Waals surface area contributed by atoms with Crippen molar-refractivity contribution in [2.45, 2.75) is 11.7 Å². The fourth-order valence-electron chi connectivity index (χ4n) is 2.14. The number of nitrogens with zero attached hydrogens (tertiary/aromatic N) is 2. The monoisotopic (exact) mass is 233 g/mol. The van der Waals surface area contributed by atoms with Crippen molar-refractivity contribution in [3.05, 3.63) is 0 Å². The molecule has 0 saturated carbocycles. The molecule has 0 amide bonds. The van der Waals surface area contributed by atoms with Crippen LogP contribution in [0, 0.1) is 0 Å². The molecule has 88 valence electrons. The largest absolute Gasteiger partial charge is 0.315 e. The summed E-state index contributed by atoms with van der Waals surface area (Å²) in [4.78, 5) is 2.17. The van der Waals surface area contributed by atoms with Gasteiger partial charge in [0, 0.05) is 32.7 Å². The van der Waals surface area contributed by atoms with E-state index in [1.54, 1.807) is 4.31 Å². The van der Waals surface area contributed by atoms with E-state index in [0.29, 0.717) is 19.6 Å². The molecule has 5 nitrogen and oxygen atoms in total. The first-order valence-electron chi connectivity index (χ1n) is 5.49. The molecular formula is C9H19N3O2S. The lowest BCUT2D eigenvalue weighted by molar-refractivity contribution is 0.221. The van der Waals surface area contributed by atoms with E-state index in [9.17, 15) is 8.42 Å². The fraction of sp³-hybridized carbons (Fsp3) is 1.00. The van der Waals surface area contributed by atoms with Crippen LogP contribution in [0.25, 0.3) is 0 Å². The molecule has 2 heterocycles. The average Bonchev–Trinajstić information content (AvgIpc) is 2.71. The van der Waals surface area contributed by atoms with Crippen LogP contribution in [0.1, 0.15) is 6.42 Å². The molecule has 0 aromatic rings. The minimum absolute atomic E-state index is 0.194. The summed E-state index contributed by atoms with van der Waals surface area (Å²) in [7, 11) is -1.01. The van der Waals surface area contributed by atoms with Crippen molar-refractivity contribution in [3.8, 4) is 0 Å². The third-order valence-corrected chi connectivity index (χ3v) is 5.59. The Hall–Kier alpha value is -0.170. The van der Waals surface area contributed by atoms with E-state index >= 15 is 0 Å². The van der Waals surface area contributed by atoms with E-state index < -0.39 is 10.0 Å². The van der Waals surface area contributed by atoms with Gasteiger partial charge in [0.1, 0.15) is 0 Å². The Kier molecular flexibility index (Phi) is 3.30. The van der Waals surface area contributed by atoms with E-state index in [4.69, 9.17) is 0 Å². The maximum Gasteiger partial charge on any atom is 0.218 e. The first-order chi connectivity index (χ1) is 7.10. The van der Waals surface area contributed by atoms with Crippen LogP contribution < -0.4 is 5.32 Å². The first kappa shape index (κ1) is 11.3. The van der Waals surface area contributed by atoms with Gasteiger partial charge in [-0.2, -0.15) is 4.31 Å². The zero-order valence-electron chi connectivity index (χ0n) is 9.15. The van der Waals surface area contributed by atoms with E-state index in [1.807, 2.05) is 7.05 Å². The number of hydrogen-bond acceptors (Lipinski definition) is 4. The average molecular weight is 233 g/mol. The highest BCUT2D eigenvalue weighted by molar-refractivity contribution is 7.89. The maximum absolute atomic E-state index is 12.2. The normalized spacial score (nSPS) is 30.9. The molecule has 2 aliphatic heterocycles. The van der Waals surface area contributed by atoms with Crippen LogP contribution >= 0.6 is 0 Å². The molecule has 2 fully saturated rings. The molecule has 1 N–H and O–H groups in total. The third kappa shape index (κ3) is 2.33. The van der Waals surface area contributed by atoms with Crippen molar-refractivity contribution < 1.29 is 8.42 Å². The number of hydrogen-bond donors (Lipinski definition) is 1. The zero-order chi connectivity index (χ0) is 10.9. The SMILES string of the molecule is CN1CCN(S(=O)(=O)C2CCNC2)CC1. The summed E-state index contributed by atoms with van der Waals surface area (Å²) >= 11 is 0. The van der Waals surface area contributed by atoms with Crippen LogP contribution in [-0.2, 0) is 10.0 Å². The highest BCUT2D eigenvalue weighted by Gasteiger charge is 2.35. The topological polar surface area (TPSA) is 52.7 Å². The predicted molar refractivity (Wildman–Crippen MR) is 59.3 cm³/mol. The van der Waals surface area contributed by atoms with E-state index in [0.717, 1.165) is 26.1 Å². The Labute approximate surface area is 91.5 Å².